The SMILES string of the molecule is NC(C1=CCCCO1)c1ccc(Br)o1. The Balaban J connectivity index is 2.14. The molecule has 0 saturated carbocycles. The Labute approximate surface area is 91.0 Å². The summed E-state index contributed by atoms with van der Waals surface area (Å²) in [6, 6.07) is 3.41. The Bertz CT molecular complexity index is 346. The normalized spacial score (nSPS) is 18.6. The minimum atomic E-state index is -0.276. The van der Waals surface area contributed by atoms with Crippen LogP contribution in [0.3, 0.4) is 0 Å². The summed E-state index contributed by atoms with van der Waals surface area (Å²) >= 11 is 3.24. The number of ether oxygens (including phenoxy) is 1. The molecule has 2 heterocycles. The maximum atomic E-state index is 5.98. The number of hydrogen-bond donors (Lipinski definition) is 1. The molecule has 2 N–H and O–H groups in total. The minimum absolute atomic E-state index is 0.276. The first-order valence-corrected chi connectivity index (χ1v) is 5.40. The highest BCUT2D eigenvalue weighted by Gasteiger charge is 2.18. The number of allylic oxidation sites excluding steroid dienone is 1. The molecular formula is C10H12BrNO2. The third-order valence-electron chi connectivity index (χ3n) is 2.17. The van der Waals surface area contributed by atoms with Gasteiger partial charge in [-0.05, 0) is 47.0 Å². The van der Waals surface area contributed by atoms with Gasteiger partial charge in [0.1, 0.15) is 17.6 Å². The first kappa shape index (κ1) is 9.80. The molecule has 1 unspecified atom stereocenters. The molecular weight excluding hydrogens is 246 g/mol. The van der Waals surface area contributed by atoms with Crippen LogP contribution in [0.25, 0.3) is 0 Å². The average molecular weight is 258 g/mol. The molecule has 0 aromatic carbocycles. The van der Waals surface area contributed by atoms with E-state index < -0.39 is 0 Å². The quantitative estimate of drug-likeness (QED) is 0.887. The van der Waals surface area contributed by atoms with Gasteiger partial charge in [-0.1, -0.05) is 0 Å². The zero-order valence-electron chi connectivity index (χ0n) is 7.70. The van der Waals surface area contributed by atoms with E-state index in [4.69, 9.17) is 14.9 Å². The summed E-state index contributed by atoms with van der Waals surface area (Å²) in [4.78, 5) is 0. The summed E-state index contributed by atoms with van der Waals surface area (Å²) < 4.78 is 11.5. The van der Waals surface area contributed by atoms with Crippen molar-refractivity contribution in [3.63, 3.8) is 0 Å². The van der Waals surface area contributed by atoms with E-state index in [0.717, 1.165) is 31.0 Å². The fourth-order valence-electron chi connectivity index (χ4n) is 1.43. The van der Waals surface area contributed by atoms with Crippen LogP contribution in [0.15, 0.2) is 33.1 Å². The van der Waals surface area contributed by atoms with Crippen molar-refractivity contribution in [3.05, 3.63) is 34.4 Å². The van der Waals surface area contributed by atoms with Gasteiger partial charge < -0.3 is 14.9 Å². The maximum absolute atomic E-state index is 5.98. The van der Waals surface area contributed by atoms with E-state index >= 15 is 0 Å². The van der Waals surface area contributed by atoms with Crippen LogP contribution in [0.1, 0.15) is 24.6 Å². The van der Waals surface area contributed by atoms with Gasteiger partial charge in [0.15, 0.2) is 4.67 Å². The predicted molar refractivity (Wildman–Crippen MR) is 56.6 cm³/mol. The van der Waals surface area contributed by atoms with Gasteiger partial charge in [-0.25, -0.2) is 0 Å². The molecule has 76 valence electrons. The number of nitrogens with two attached hydrogens (primary N) is 1. The van der Waals surface area contributed by atoms with Gasteiger partial charge >= 0.3 is 0 Å². The van der Waals surface area contributed by atoms with E-state index in [9.17, 15) is 0 Å². The lowest BCUT2D eigenvalue weighted by atomic mass is 10.1. The lowest BCUT2D eigenvalue weighted by Gasteiger charge is -2.18. The fraction of sp³-hybridized carbons (Fsp3) is 0.400. The predicted octanol–water partition coefficient (Wildman–Crippen LogP) is 2.74. The highest BCUT2D eigenvalue weighted by atomic mass is 79.9. The van der Waals surface area contributed by atoms with Gasteiger partial charge in [-0.3, -0.25) is 0 Å². The highest BCUT2D eigenvalue weighted by Crippen LogP contribution is 2.26. The maximum Gasteiger partial charge on any atom is 0.169 e. The lowest BCUT2D eigenvalue weighted by Crippen LogP contribution is -2.17. The summed E-state index contributed by atoms with van der Waals surface area (Å²) in [5.41, 5.74) is 5.98. The van der Waals surface area contributed by atoms with Crippen LogP contribution in [0.5, 0.6) is 0 Å². The summed E-state index contributed by atoms with van der Waals surface area (Å²) in [5.74, 6) is 1.54. The Morgan fingerprint density at radius 2 is 2.29 bits per heavy atom. The zero-order valence-corrected chi connectivity index (χ0v) is 9.29. The van der Waals surface area contributed by atoms with Crippen molar-refractivity contribution in [2.45, 2.75) is 18.9 Å². The lowest BCUT2D eigenvalue weighted by molar-refractivity contribution is 0.170. The van der Waals surface area contributed by atoms with E-state index in [2.05, 4.69) is 15.9 Å². The monoisotopic (exact) mass is 257 g/mol. The van der Waals surface area contributed by atoms with Gasteiger partial charge in [0, 0.05) is 0 Å². The van der Waals surface area contributed by atoms with Crippen molar-refractivity contribution >= 4 is 15.9 Å². The summed E-state index contributed by atoms with van der Waals surface area (Å²) in [6.45, 7) is 0.751. The Morgan fingerprint density at radius 3 is 2.86 bits per heavy atom. The van der Waals surface area contributed by atoms with Crippen LogP contribution in [0.4, 0.5) is 0 Å². The van der Waals surface area contributed by atoms with Gasteiger partial charge in [0.05, 0.1) is 6.61 Å². The van der Waals surface area contributed by atoms with Crippen LogP contribution in [-0.2, 0) is 4.74 Å². The second-order valence-electron chi connectivity index (χ2n) is 3.22. The van der Waals surface area contributed by atoms with Crippen LogP contribution in [0.2, 0.25) is 0 Å². The number of halogens is 1. The Hall–Kier alpha value is -0.740. The first-order valence-electron chi connectivity index (χ1n) is 4.61. The van der Waals surface area contributed by atoms with Crippen molar-refractivity contribution in [1.82, 2.24) is 0 Å². The van der Waals surface area contributed by atoms with E-state index in [1.165, 1.54) is 0 Å². The molecule has 1 atom stereocenters. The summed E-state index contributed by atoms with van der Waals surface area (Å²) in [6.07, 6.45) is 4.13. The van der Waals surface area contributed by atoms with E-state index in [0.29, 0.717) is 4.67 Å². The van der Waals surface area contributed by atoms with Crippen molar-refractivity contribution in [3.8, 4) is 0 Å². The average Bonchev–Trinajstić information content (AvgIpc) is 2.65. The molecule has 0 saturated heterocycles. The number of furan rings is 1. The molecule has 0 spiro atoms. The Kier molecular flexibility index (Phi) is 2.93. The van der Waals surface area contributed by atoms with Crippen molar-refractivity contribution < 1.29 is 9.15 Å². The summed E-state index contributed by atoms with van der Waals surface area (Å²) in [7, 11) is 0. The smallest absolute Gasteiger partial charge is 0.169 e. The molecule has 0 amide bonds. The minimum Gasteiger partial charge on any atom is -0.496 e. The second kappa shape index (κ2) is 4.19. The fourth-order valence-corrected chi connectivity index (χ4v) is 1.75. The summed E-state index contributed by atoms with van der Waals surface area (Å²) in [5, 5.41) is 0. The van der Waals surface area contributed by atoms with E-state index in [1.807, 2.05) is 18.2 Å². The van der Waals surface area contributed by atoms with E-state index in [1.54, 1.807) is 0 Å². The molecule has 0 radical (unpaired) electrons. The molecule has 14 heavy (non-hydrogen) atoms. The van der Waals surface area contributed by atoms with Crippen molar-refractivity contribution in [2.75, 3.05) is 6.61 Å². The van der Waals surface area contributed by atoms with Crippen LogP contribution >= 0.6 is 15.9 Å². The molecule has 0 aliphatic carbocycles. The van der Waals surface area contributed by atoms with Crippen LogP contribution < -0.4 is 5.73 Å². The molecule has 1 aromatic rings. The third-order valence-corrected chi connectivity index (χ3v) is 2.60. The first-order chi connectivity index (χ1) is 6.77. The second-order valence-corrected chi connectivity index (χ2v) is 4.00. The van der Waals surface area contributed by atoms with Gasteiger partial charge in [-0.2, -0.15) is 0 Å². The molecule has 1 aliphatic heterocycles. The van der Waals surface area contributed by atoms with Crippen LogP contribution in [-0.4, -0.2) is 6.61 Å². The van der Waals surface area contributed by atoms with Crippen molar-refractivity contribution in [2.24, 2.45) is 5.73 Å². The third kappa shape index (κ3) is 2.01. The molecule has 0 fully saturated rings. The topological polar surface area (TPSA) is 48.4 Å². The molecule has 1 aliphatic rings. The Morgan fingerprint density at radius 1 is 1.43 bits per heavy atom. The van der Waals surface area contributed by atoms with Crippen LogP contribution in [0, 0.1) is 0 Å². The van der Waals surface area contributed by atoms with Gasteiger partial charge in [0.2, 0.25) is 0 Å². The van der Waals surface area contributed by atoms with Gasteiger partial charge in [0.25, 0.3) is 0 Å². The highest BCUT2D eigenvalue weighted by molar-refractivity contribution is 9.10. The van der Waals surface area contributed by atoms with Crippen molar-refractivity contribution in [1.29, 1.82) is 0 Å². The standard InChI is InChI=1S/C10H12BrNO2/c11-9-5-4-8(14-9)10(12)7-3-1-2-6-13-7/h3-5,10H,1-2,6,12H2. The molecule has 1 aromatic heterocycles. The van der Waals surface area contributed by atoms with Gasteiger partial charge in [-0.15, -0.1) is 0 Å². The van der Waals surface area contributed by atoms with E-state index in [-0.39, 0.29) is 6.04 Å². The number of rotatable bonds is 2. The molecule has 2 rings (SSSR count). The number of hydrogen-bond acceptors (Lipinski definition) is 3. The molecule has 3 nitrogen and oxygen atoms in total. The zero-order chi connectivity index (χ0) is 9.97. The largest absolute Gasteiger partial charge is 0.496 e. The molecule has 4 heteroatoms. The molecule has 0 bridgehead atoms.